The van der Waals surface area contributed by atoms with Crippen LogP contribution in [0.2, 0.25) is 0 Å². The number of carbonyl (C=O) groups is 1. The van der Waals surface area contributed by atoms with Gasteiger partial charge < -0.3 is 10.2 Å². The summed E-state index contributed by atoms with van der Waals surface area (Å²) in [4.78, 5) is 21.8. The second-order valence-corrected chi connectivity index (χ2v) is 9.41. The lowest BCUT2D eigenvalue weighted by Gasteiger charge is -2.32. The van der Waals surface area contributed by atoms with Crippen molar-refractivity contribution in [3.8, 4) is 0 Å². The number of aromatic nitrogens is 1. The van der Waals surface area contributed by atoms with Gasteiger partial charge in [-0.1, -0.05) is 44.2 Å². The number of nitrogens with one attached hydrogen (secondary N) is 1. The number of halogens is 1. The number of fused-ring (bicyclic) bond motifs is 1. The zero-order chi connectivity index (χ0) is 21.5. The van der Waals surface area contributed by atoms with E-state index in [0.717, 1.165) is 30.9 Å². The van der Waals surface area contributed by atoms with Gasteiger partial charge in [0.15, 0.2) is 5.67 Å². The molecule has 0 bridgehead atoms. The van der Waals surface area contributed by atoms with Crippen LogP contribution >= 0.6 is 0 Å². The molecule has 30 heavy (non-hydrogen) atoms. The number of hydrogen-bond acceptors (Lipinski definition) is 4. The van der Waals surface area contributed by atoms with E-state index in [2.05, 4.69) is 36.0 Å². The first-order valence-corrected chi connectivity index (χ1v) is 10.7. The van der Waals surface area contributed by atoms with E-state index in [1.165, 1.54) is 6.92 Å². The molecule has 4 rings (SSSR count). The van der Waals surface area contributed by atoms with Gasteiger partial charge in [-0.25, -0.2) is 4.39 Å². The minimum Gasteiger partial charge on any atom is -0.312 e. The van der Waals surface area contributed by atoms with Crippen LogP contribution in [0.4, 0.5) is 10.1 Å². The molecule has 2 aliphatic rings. The fourth-order valence-corrected chi connectivity index (χ4v) is 4.57. The molecule has 2 atom stereocenters. The third-order valence-electron chi connectivity index (χ3n) is 6.37. The fourth-order valence-electron chi connectivity index (χ4n) is 4.57. The number of anilines is 1. The lowest BCUT2D eigenvalue weighted by atomic mass is 9.87. The number of piperazine rings is 1. The van der Waals surface area contributed by atoms with Crippen molar-refractivity contribution in [3.05, 3.63) is 59.4 Å². The van der Waals surface area contributed by atoms with E-state index in [0.29, 0.717) is 30.4 Å². The lowest BCUT2D eigenvalue weighted by Crippen LogP contribution is -2.52. The Morgan fingerprint density at radius 2 is 2.07 bits per heavy atom. The summed E-state index contributed by atoms with van der Waals surface area (Å²) in [6.07, 6.45) is 1.76. The van der Waals surface area contributed by atoms with Crippen LogP contribution in [-0.4, -0.2) is 54.6 Å². The van der Waals surface area contributed by atoms with Crippen LogP contribution in [0.25, 0.3) is 0 Å². The molecule has 0 spiro atoms. The molecule has 1 aromatic heterocycles. The van der Waals surface area contributed by atoms with Gasteiger partial charge in [0, 0.05) is 49.4 Å². The van der Waals surface area contributed by atoms with Crippen LogP contribution in [0.15, 0.2) is 42.6 Å². The smallest absolute Gasteiger partial charge is 0.241 e. The first-order valence-electron chi connectivity index (χ1n) is 10.7. The number of alkyl halides is 1. The summed E-state index contributed by atoms with van der Waals surface area (Å²) in [7, 11) is 0. The predicted molar refractivity (Wildman–Crippen MR) is 118 cm³/mol. The first-order chi connectivity index (χ1) is 14.2. The highest BCUT2D eigenvalue weighted by Gasteiger charge is 2.41. The van der Waals surface area contributed by atoms with Crippen molar-refractivity contribution in [1.29, 1.82) is 0 Å². The largest absolute Gasteiger partial charge is 0.312 e. The maximum absolute atomic E-state index is 15.8. The molecule has 1 aromatic carbocycles. The Labute approximate surface area is 178 Å². The molecule has 2 unspecified atom stereocenters. The van der Waals surface area contributed by atoms with Crippen molar-refractivity contribution in [2.24, 2.45) is 0 Å². The number of carbonyl (C=O) groups excluding carboxylic acids is 1. The summed E-state index contributed by atoms with van der Waals surface area (Å²) in [5.74, 6) is 0.0633. The molecule has 1 saturated heterocycles. The summed E-state index contributed by atoms with van der Waals surface area (Å²) in [6, 6.07) is 11.2. The van der Waals surface area contributed by atoms with Crippen LogP contribution in [0.3, 0.4) is 0 Å². The Kier molecular flexibility index (Phi) is 5.41. The molecule has 6 heteroatoms. The molecule has 1 N–H and O–H groups in total. The third-order valence-corrected chi connectivity index (χ3v) is 6.37. The Hall–Kier alpha value is -2.31. The van der Waals surface area contributed by atoms with Crippen LogP contribution in [0, 0.1) is 0 Å². The molecular weight excluding hydrogens is 379 g/mol. The average Bonchev–Trinajstić information content (AvgIpc) is 2.99. The summed E-state index contributed by atoms with van der Waals surface area (Å²) in [6.45, 7) is 11.5. The Bertz CT molecular complexity index is 928. The van der Waals surface area contributed by atoms with Gasteiger partial charge in [0.1, 0.15) is 0 Å². The Morgan fingerprint density at radius 3 is 2.77 bits per heavy atom. The van der Waals surface area contributed by atoms with Gasteiger partial charge in [-0.2, -0.15) is 0 Å². The van der Waals surface area contributed by atoms with Crippen molar-refractivity contribution in [2.45, 2.75) is 44.8 Å². The zero-order valence-electron chi connectivity index (χ0n) is 18.3. The van der Waals surface area contributed by atoms with Crippen molar-refractivity contribution >= 4 is 11.6 Å². The number of nitrogens with zero attached hydrogens (tertiary/aromatic N) is 3. The van der Waals surface area contributed by atoms with Crippen molar-refractivity contribution in [2.75, 3.05) is 37.6 Å². The highest BCUT2D eigenvalue weighted by atomic mass is 19.1. The van der Waals surface area contributed by atoms with Crippen molar-refractivity contribution < 1.29 is 9.18 Å². The van der Waals surface area contributed by atoms with E-state index in [-0.39, 0.29) is 11.3 Å². The van der Waals surface area contributed by atoms with E-state index in [9.17, 15) is 4.79 Å². The summed E-state index contributed by atoms with van der Waals surface area (Å²) < 4.78 is 15.8. The highest BCUT2D eigenvalue weighted by molar-refractivity contribution is 5.97. The Morgan fingerprint density at radius 1 is 1.33 bits per heavy atom. The average molecular weight is 411 g/mol. The quantitative estimate of drug-likeness (QED) is 0.841. The van der Waals surface area contributed by atoms with Crippen molar-refractivity contribution in [3.63, 3.8) is 0 Å². The number of hydrogen-bond donors (Lipinski definition) is 1. The van der Waals surface area contributed by atoms with E-state index in [4.69, 9.17) is 0 Å². The molecule has 160 valence electrons. The minimum absolute atomic E-state index is 0.0633. The van der Waals surface area contributed by atoms with Gasteiger partial charge in [0.25, 0.3) is 0 Å². The second kappa shape index (κ2) is 7.75. The van der Waals surface area contributed by atoms with Crippen LogP contribution in [-0.2, 0) is 15.9 Å². The van der Waals surface area contributed by atoms with Gasteiger partial charge in [-0.05, 0) is 25.5 Å². The maximum atomic E-state index is 15.8. The van der Waals surface area contributed by atoms with Gasteiger partial charge in [0.2, 0.25) is 5.91 Å². The molecule has 2 aliphatic heterocycles. The topological polar surface area (TPSA) is 48.5 Å². The number of amides is 1. The summed E-state index contributed by atoms with van der Waals surface area (Å²) in [5.41, 5.74) is 0.731. The van der Waals surface area contributed by atoms with E-state index >= 15 is 4.39 Å². The van der Waals surface area contributed by atoms with Crippen LogP contribution in [0.1, 0.15) is 44.5 Å². The highest BCUT2D eigenvalue weighted by Crippen LogP contribution is 2.43. The summed E-state index contributed by atoms with van der Waals surface area (Å²) in [5, 5.41) is 3.41. The zero-order valence-corrected chi connectivity index (χ0v) is 18.3. The van der Waals surface area contributed by atoms with Crippen molar-refractivity contribution in [1.82, 2.24) is 15.2 Å². The second-order valence-electron chi connectivity index (χ2n) is 9.41. The molecule has 0 radical (unpaired) electrons. The lowest BCUT2D eigenvalue weighted by molar-refractivity contribution is -0.120. The van der Waals surface area contributed by atoms with Gasteiger partial charge in [0.05, 0.1) is 17.9 Å². The minimum atomic E-state index is -1.73. The number of pyridine rings is 1. The predicted octanol–water partition coefficient (Wildman–Crippen LogP) is 3.23. The summed E-state index contributed by atoms with van der Waals surface area (Å²) >= 11 is 0. The molecule has 0 aliphatic carbocycles. The molecule has 1 fully saturated rings. The standard InChI is InChI=1S/C24H31FN4O/c1-17-14-28(11-10-26-17)15-22(30)29-16-23(2,3)19-13-27-21(12-20(19)29)24(4,25)18-8-6-5-7-9-18/h5-9,12-13,17,26H,10-11,14-16H2,1-4H3. The SMILES string of the molecule is CC1CN(CC(=O)N2CC(C)(C)c3cnc(C(C)(F)c4ccccc4)cc32)CCN1. The molecule has 1 amide bonds. The molecule has 3 heterocycles. The molecule has 0 saturated carbocycles. The van der Waals surface area contributed by atoms with Gasteiger partial charge in [-0.3, -0.25) is 14.7 Å². The first kappa shape index (κ1) is 20.9. The van der Waals surface area contributed by atoms with E-state index < -0.39 is 5.67 Å². The maximum Gasteiger partial charge on any atom is 0.241 e. The molecule has 5 nitrogen and oxygen atoms in total. The third kappa shape index (κ3) is 3.86. The van der Waals surface area contributed by atoms with Crippen LogP contribution < -0.4 is 10.2 Å². The normalized spacial score (nSPS) is 23.1. The van der Waals surface area contributed by atoms with Gasteiger partial charge in [-0.15, -0.1) is 0 Å². The molecular formula is C24H31FN4O. The number of rotatable bonds is 4. The molecule has 2 aromatic rings. The number of benzene rings is 1. The monoisotopic (exact) mass is 410 g/mol. The van der Waals surface area contributed by atoms with E-state index in [1.807, 2.05) is 23.1 Å². The van der Waals surface area contributed by atoms with E-state index in [1.54, 1.807) is 24.4 Å². The van der Waals surface area contributed by atoms with Crippen LogP contribution in [0.5, 0.6) is 0 Å². The Balaban J connectivity index is 1.64. The fraction of sp³-hybridized carbons (Fsp3) is 0.500. The van der Waals surface area contributed by atoms with Gasteiger partial charge >= 0.3 is 0 Å².